The fourth-order valence-corrected chi connectivity index (χ4v) is 1.50. The molecule has 0 aliphatic heterocycles. The molecule has 0 aromatic heterocycles. The summed E-state index contributed by atoms with van der Waals surface area (Å²) in [5.74, 6) is 1.24. The van der Waals surface area contributed by atoms with Crippen LogP contribution in [0.1, 0.15) is 20.8 Å². The van der Waals surface area contributed by atoms with E-state index >= 15 is 0 Å². The number of methoxy groups -OCH3 is 1. The first-order chi connectivity index (χ1) is 10.0. The summed E-state index contributed by atoms with van der Waals surface area (Å²) in [6.45, 7) is 11.4. The van der Waals surface area contributed by atoms with Gasteiger partial charge in [-0.25, -0.2) is 0 Å². The Balaban J connectivity index is 3.95. The average molecular weight is 299 g/mol. The third-order valence-corrected chi connectivity index (χ3v) is 2.50. The second-order valence-corrected chi connectivity index (χ2v) is 4.73. The Morgan fingerprint density at radius 1 is 1.33 bits per heavy atom. The summed E-state index contributed by atoms with van der Waals surface area (Å²) in [6.07, 6.45) is 4.91. The molecule has 0 saturated carbocycles. The molecular weight excluding hydrogens is 270 g/mol. The van der Waals surface area contributed by atoms with Crippen LogP contribution in [-0.4, -0.2) is 50.7 Å². The van der Waals surface area contributed by atoms with Gasteiger partial charge in [-0.05, 0) is 32.9 Å². The quantitative estimate of drug-likeness (QED) is 0.328. The highest BCUT2D eigenvalue weighted by molar-refractivity contribution is 5.23. The summed E-state index contributed by atoms with van der Waals surface area (Å²) in [7, 11) is 1.59. The Hall–Kier alpha value is -1.30. The maximum Gasteiger partial charge on any atom is 0.160 e. The molecule has 0 heterocycles. The summed E-state index contributed by atoms with van der Waals surface area (Å²) >= 11 is 0. The van der Waals surface area contributed by atoms with Gasteiger partial charge in [0.15, 0.2) is 11.5 Å². The lowest BCUT2D eigenvalue weighted by atomic mass is 10.3. The second kappa shape index (κ2) is 12.4. The van der Waals surface area contributed by atoms with Crippen molar-refractivity contribution in [1.82, 2.24) is 5.32 Å². The molecule has 0 amide bonds. The molecule has 5 nitrogen and oxygen atoms in total. The topological polar surface area (TPSA) is 60.0 Å². The van der Waals surface area contributed by atoms with Crippen molar-refractivity contribution in [2.45, 2.75) is 33.0 Å². The summed E-state index contributed by atoms with van der Waals surface area (Å²) in [6, 6.07) is 0. The molecule has 0 aliphatic rings. The highest BCUT2D eigenvalue weighted by atomic mass is 16.5. The minimum absolute atomic E-state index is 0.127. The Morgan fingerprint density at radius 2 is 2.05 bits per heavy atom. The van der Waals surface area contributed by atoms with Crippen molar-refractivity contribution < 1.29 is 19.3 Å². The molecule has 0 spiro atoms. The van der Waals surface area contributed by atoms with Gasteiger partial charge in [0, 0.05) is 13.1 Å². The molecule has 0 aromatic carbocycles. The van der Waals surface area contributed by atoms with Crippen molar-refractivity contribution in [2.24, 2.45) is 0 Å². The van der Waals surface area contributed by atoms with Crippen molar-refractivity contribution in [3.05, 3.63) is 36.3 Å². The number of allylic oxidation sites excluding steroid dienone is 3. The van der Waals surface area contributed by atoms with Crippen LogP contribution in [0.5, 0.6) is 0 Å². The zero-order chi connectivity index (χ0) is 16.1. The first-order valence-corrected chi connectivity index (χ1v) is 7.21. The first kappa shape index (κ1) is 19.7. The van der Waals surface area contributed by atoms with Crippen LogP contribution in [0.4, 0.5) is 0 Å². The fraction of sp³-hybridized carbons (Fsp3) is 0.625. The van der Waals surface area contributed by atoms with Gasteiger partial charge in [-0.15, -0.1) is 0 Å². The van der Waals surface area contributed by atoms with Crippen molar-refractivity contribution in [1.29, 1.82) is 0 Å². The smallest absolute Gasteiger partial charge is 0.160 e. The predicted molar refractivity (Wildman–Crippen MR) is 85.0 cm³/mol. The summed E-state index contributed by atoms with van der Waals surface area (Å²) in [5, 5.41) is 12.8. The number of aliphatic hydroxyl groups is 1. The van der Waals surface area contributed by atoms with Gasteiger partial charge in [0.05, 0.1) is 25.9 Å². The van der Waals surface area contributed by atoms with Gasteiger partial charge in [0.2, 0.25) is 0 Å². The van der Waals surface area contributed by atoms with Gasteiger partial charge in [0.25, 0.3) is 0 Å². The van der Waals surface area contributed by atoms with Gasteiger partial charge < -0.3 is 24.6 Å². The number of rotatable bonds is 12. The lowest BCUT2D eigenvalue weighted by Crippen LogP contribution is -2.33. The minimum Gasteiger partial charge on any atom is -0.493 e. The zero-order valence-electron chi connectivity index (χ0n) is 13.6. The van der Waals surface area contributed by atoms with Gasteiger partial charge in [0.1, 0.15) is 6.61 Å². The molecule has 0 bridgehead atoms. The second-order valence-electron chi connectivity index (χ2n) is 4.73. The molecular formula is C16H29NO4. The molecule has 0 rings (SSSR count). The number of hydrogen-bond acceptors (Lipinski definition) is 5. The van der Waals surface area contributed by atoms with E-state index in [0.29, 0.717) is 37.8 Å². The Bertz CT molecular complexity index is 337. The molecule has 0 fully saturated rings. The van der Waals surface area contributed by atoms with Crippen molar-refractivity contribution >= 4 is 0 Å². The lowest BCUT2D eigenvalue weighted by Gasteiger charge is -2.15. The van der Waals surface area contributed by atoms with Crippen LogP contribution >= 0.6 is 0 Å². The van der Waals surface area contributed by atoms with E-state index in [1.165, 1.54) is 0 Å². The molecule has 21 heavy (non-hydrogen) atoms. The van der Waals surface area contributed by atoms with E-state index in [4.69, 9.17) is 14.2 Å². The summed E-state index contributed by atoms with van der Waals surface area (Å²) < 4.78 is 16.1. The fourth-order valence-electron chi connectivity index (χ4n) is 1.50. The van der Waals surface area contributed by atoms with Crippen LogP contribution in [0.3, 0.4) is 0 Å². The van der Waals surface area contributed by atoms with E-state index in [0.717, 1.165) is 0 Å². The predicted octanol–water partition coefficient (Wildman–Crippen LogP) is 2.00. The van der Waals surface area contributed by atoms with Gasteiger partial charge in [-0.1, -0.05) is 12.7 Å². The van der Waals surface area contributed by atoms with Crippen molar-refractivity contribution in [2.75, 3.05) is 33.4 Å². The minimum atomic E-state index is -0.514. The Kier molecular flexibility index (Phi) is 11.7. The van der Waals surface area contributed by atoms with E-state index in [1.807, 2.05) is 32.9 Å². The summed E-state index contributed by atoms with van der Waals surface area (Å²) in [5.41, 5.74) is 0. The number of hydrogen-bond donors (Lipinski definition) is 2. The van der Waals surface area contributed by atoms with E-state index in [9.17, 15) is 5.11 Å². The van der Waals surface area contributed by atoms with Crippen molar-refractivity contribution in [3.63, 3.8) is 0 Å². The molecule has 1 unspecified atom stereocenters. The van der Waals surface area contributed by atoms with Crippen LogP contribution < -0.4 is 5.32 Å². The standard InChI is InChI=1S/C16H29NO4/c1-6-8-16(19-5)15(7-2)20-10-9-17-11-14(18)12-21-13(3)4/h6-8,13-14,17-18H,2,9-12H2,1,3-5H3/b8-6-,16-15-. The van der Waals surface area contributed by atoms with Crippen LogP contribution in [0, 0.1) is 0 Å². The first-order valence-electron chi connectivity index (χ1n) is 7.21. The molecule has 0 aromatic rings. The molecule has 1 atom stereocenters. The van der Waals surface area contributed by atoms with E-state index in [1.54, 1.807) is 13.2 Å². The highest BCUT2D eigenvalue weighted by Gasteiger charge is 2.06. The Morgan fingerprint density at radius 3 is 2.57 bits per heavy atom. The third kappa shape index (κ3) is 10.1. The summed E-state index contributed by atoms with van der Waals surface area (Å²) in [4.78, 5) is 0. The SMILES string of the molecule is C=C/C(OCCNCC(O)COC(C)C)=C(\C=C/C)OC. The van der Waals surface area contributed by atoms with E-state index < -0.39 is 6.10 Å². The van der Waals surface area contributed by atoms with Gasteiger partial charge in [-0.2, -0.15) is 0 Å². The normalized spacial score (nSPS) is 14.2. The van der Waals surface area contributed by atoms with Crippen molar-refractivity contribution in [3.8, 4) is 0 Å². The van der Waals surface area contributed by atoms with Crippen LogP contribution in [0.25, 0.3) is 0 Å². The van der Waals surface area contributed by atoms with Crippen LogP contribution in [-0.2, 0) is 14.2 Å². The maximum atomic E-state index is 9.67. The van der Waals surface area contributed by atoms with Gasteiger partial charge >= 0.3 is 0 Å². The highest BCUT2D eigenvalue weighted by Crippen LogP contribution is 2.09. The van der Waals surface area contributed by atoms with Gasteiger partial charge in [-0.3, -0.25) is 0 Å². The molecule has 5 heteroatoms. The number of aliphatic hydroxyl groups excluding tert-OH is 1. The van der Waals surface area contributed by atoms with E-state index in [-0.39, 0.29) is 6.10 Å². The molecule has 0 saturated heterocycles. The zero-order valence-corrected chi connectivity index (χ0v) is 13.6. The maximum absolute atomic E-state index is 9.67. The Labute approximate surface area is 128 Å². The molecule has 0 aliphatic carbocycles. The number of nitrogens with one attached hydrogen (secondary N) is 1. The van der Waals surface area contributed by atoms with Crippen LogP contribution in [0.2, 0.25) is 0 Å². The molecule has 0 radical (unpaired) electrons. The average Bonchev–Trinajstić information content (AvgIpc) is 2.47. The molecule has 122 valence electrons. The largest absolute Gasteiger partial charge is 0.493 e. The number of ether oxygens (including phenoxy) is 3. The third-order valence-electron chi connectivity index (χ3n) is 2.50. The van der Waals surface area contributed by atoms with Crippen LogP contribution in [0.15, 0.2) is 36.3 Å². The van der Waals surface area contributed by atoms with E-state index in [2.05, 4.69) is 11.9 Å². The lowest BCUT2D eigenvalue weighted by molar-refractivity contribution is 0.00605. The monoisotopic (exact) mass is 299 g/mol. The molecule has 2 N–H and O–H groups in total.